The minimum Gasteiger partial charge on any atom is -0.392 e. The lowest BCUT2D eigenvalue weighted by Gasteiger charge is -2.13. The molecule has 0 rings (SSSR count). The molecule has 0 amide bonds. The van der Waals surface area contributed by atoms with Gasteiger partial charge in [0.1, 0.15) is 0 Å². The van der Waals surface area contributed by atoms with Crippen LogP contribution in [0.5, 0.6) is 0 Å². The third kappa shape index (κ3) is 14.1. The molecule has 2 nitrogen and oxygen atoms in total. The maximum atomic E-state index is 9.56. The second-order valence-electron chi connectivity index (χ2n) is 6.10. The molecule has 0 saturated heterocycles. The van der Waals surface area contributed by atoms with Crippen molar-refractivity contribution in [2.75, 3.05) is 0 Å². The summed E-state index contributed by atoms with van der Waals surface area (Å²) in [5, 5.41) is 9.56. The zero-order valence-corrected chi connectivity index (χ0v) is 13.4. The summed E-state index contributed by atoms with van der Waals surface area (Å²) in [4.78, 5) is 0. The third-order valence-corrected chi connectivity index (χ3v) is 3.96. The van der Waals surface area contributed by atoms with Gasteiger partial charge in [0, 0.05) is 6.04 Å². The molecular formula is C17H37NO. The Morgan fingerprint density at radius 2 is 1.11 bits per heavy atom. The zero-order chi connectivity index (χ0) is 14.3. The molecule has 0 bridgehead atoms. The molecule has 0 aliphatic heterocycles. The average Bonchev–Trinajstić information content (AvgIpc) is 2.39. The van der Waals surface area contributed by atoms with Crippen LogP contribution in [0.15, 0.2) is 0 Å². The quantitative estimate of drug-likeness (QED) is 0.446. The molecule has 0 aromatic rings. The van der Waals surface area contributed by atoms with Crippen molar-refractivity contribution in [3.63, 3.8) is 0 Å². The Balaban J connectivity index is 3.03. The van der Waals surface area contributed by atoms with Crippen molar-refractivity contribution >= 4 is 0 Å². The summed E-state index contributed by atoms with van der Waals surface area (Å²) in [5.74, 6) is 0. The molecule has 0 aromatic carbocycles. The van der Waals surface area contributed by atoms with Gasteiger partial charge in [0.2, 0.25) is 0 Å². The number of rotatable bonds is 14. The number of aliphatic hydroxyl groups is 1. The molecule has 0 fully saturated rings. The van der Waals surface area contributed by atoms with E-state index in [1.165, 1.54) is 70.6 Å². The van der Waals surface area contributed by atoms with Gasteiger partial charge >= 0.3 is 0 Å². The van der Waals surface area contributed by atoms with Gasteiger partial charge in [-0.25, -0.2) is 0 Å². The first-order chi connectivity index (χ1) is 9.18. The minimum absolute atomic E-state index is 0.0762. The van der Waals surface area contributed by atoms with Crippen LogP contribution in [0, 0.1) is 0 Å². The Hall–Kier alpha value is -0.0800. The number of nitrogens with two attached hydrogens (primary N) is 1. The summed E-state index contributed by atoms with van der Waals surface area (Å²) in [6.45, 7) is 4.15. The largest absolute Gasteiger partial charge is 0.392 e. The van der Waals surface area contributed by atoms with Crippen LogP contribution in [0.25, 0.3) is 0 Å². The van der Waals surface area contributed by atoms with E-state index >= 15 is 0 Å². The van der Waals surface area contributed by atoms with Crippen LogP contribution in [0.1, 0.15) is 97.3 Å². The first-order valence-electron chi connectivity index (χ1n) is 8.62. The fourth-order valence-electron chi connectivity index (χ4n) is 2.46. The lowest BCUT2D eigenvalue weighted by Crippen LogP contribution is -2.31. The van der Waals surface area contributed by atoms with E-state index in [-0.39, 0.29) is 12.1 Å². The smallest absolute Gasteiger partial charge is 0.0688 e. The predicted octanol–water partition coefficient (Wildman–Crippen LogP) is 4.79. The monoisotopic (exact) mass is 271 g/mol. The highest BCUT2D eigenvalue weighted by molar-refractivity contribution is 4.65. The molecule has 0 heterocycles. The van der Waals surface area contributed by atoms with Gasteiger partial charge in [0.25, 0.3) is 0 Å². The van der Waals surface area contributed by atoms with E-state index in [2.05, 4.69) is 6.92 Å². The highest BCUT2D eigenvalue weighted by Gasteiger charge is 2.07. The summed E-state index contributed by atoms with van der Waals surface area (Å²) in [5.41, 5.74) is 5.63. The fourth-order valence-corrected chi connectivity index (χ4v) is 2.46. The lowest BCUT2D eigenvalue weighted by atomic mass is 10.0. The zero-order valence-electron chi connectivity index (χ0n) is 13.4. The molecular weight excluding hydrogens is 234 g/mol. The van der Waals surface area contributed by atoms with Crippen molar-refractivity contribution in [2.24, 2.45) is 5.73 Å². The molecule has 2 unspecified atom stereocenters. The number of hydrogen-bond donors (Lipinski definition) is 2. The molecule has 2 atom stereocenters. The van der Waals surface area contributed by atoms with Crippen molar-refractivity contribution in [1.29, 1.82) is 0 Å². The third-order valence-electron chi connectivity index (χ3n) is 3.96. The van der Waals surface area contributed by atoms with E-state index in [1.54, 1.807) is 0 Å². The number of unbranched alkanes of at least 4 members (excludes halogenated alkanes) is 11. The van der Waals surface area contributed by atoms with Crippen LogP contribution in [0.4, 0.5) is 0 Å². The van der Waals surface area contributed by atoms with Gasteiger partial charge < -0.3 is 10.8 Å². The number of hydrogen-bond acceptors (Lipinski definition) is 2. The van der Waals surface area contributed by atoms with Crippen LogP contribution < -0.4 is 5.73 Å². The maximum absolute atomic E-state index is 9.56. The Kier molecular flexibility index (Phi) is 14.3. The van der Waals surface area contributed by atoms with E-state index in [4.69, 9.17) is 5.73 Å². The summed E-state index contributed by atoms with van der Waals surface area (Å²) < 4.78 is 0. The molecule has 0 radical (unpaired) electrons. The molecule has 0 aromatic heterocycles. The van der Waals surface area contributed by atoms with Crippen molar-refractivity contribution in [2.45, 2.75) is 109 Å². The van der Waals surface area contributed by atoms with E-state index < -0.39 is 0 Å². The van der Waals surface area contributed by atoms with E-state index in [1.807, 2.05) is 6.92 Å². The summed E-state index contributed by atoms with van der Waals surface area (Å²) in [7, 11) is 0. The lowest BCUT2D eigenvalue weighted by molar-refractivity contribution is 0.138. The fraction of sp³-hybridized carbons (Fsp3) is 1.00. The van der Waals surface area contributed by atoms with Crippen molar-refractivity contribution < 1.29 is 5.11 Å². The minimum atomic E-state index is -0.303. The highest BCUT2D eigenvalue weighted by atomic mass is 16.3. The normalized spacial score (nSPS) is 14.5. The van der Waals surface area contributed by atoms with Crippen LogP contribution in [0.3, 0.4) is 0 Å². The second kappa shape index (κ2) is 14.3. The summed E-state index contributed by atoms with van der Waals surface area (Å²) >= 11 is 0. The Labute approximate surface area is 121 Å². The van der Waals surface area contributed by atoms with Gasteiger partial charge in [-0.3, -0.25) is 0 Å². The van der Waals surface area contributed by atoms with Gasteiger partial charge in [-0.1, -0.05) is 84.0 Å². The topological polar surface area (TPSA) is 46.2 Å². The summed E-state index contributed by atoms with van der Waals surface area (Å²) in [6.07, 6.45) is 16.9. The van der Waals surface area contributed by atoms with Gasteiger partial charge in [0.05, 0.1) is 6.10 Å². The van der Waals surface area contributed by atoms with Gasteiger partial charge in [-0.05, 0) is 13.3 Å². The van der Waals surface area contributed by atoms with Crippen LogP contribution in [-0.2, 0) is 0 Å². The van der Waals surface area contributed by atoms with E-state index in [0.29, 0.717) is 0 Å². The molecule has 0 aliphatic rings. The molecule has 19 heavy (non-hydrogen) atoms. The van der Waals surface area contributed by atoms with Crippen LogP contribution in [0.2, 0.25) is 0 Å². The Morgan fingerprint density at radius 3 is 1.47 bits per heavy atom. The molecule has 0 spiro atoms. The van der Waals surface area contributed by atoms with Crippen LogP contribution >= 0.6 is 0 Å². The van der Waals surface area contributed by atoms with Crippen molar-refractivity contribution in [1.82, 2.24) is 0 Å². The Morgan fingerprint density at radius 1 is 0.737 bits per heavy atom. The standard InChI is InChI=1S/C17H37NO/c1-3-4-5-6-7-8-9-10-11-12-13-14-15-17(19)16(2)18/h16-17,19H,3-15,18H2,1-2H3. The second-order valence-corrected chi connectivity index (χ2v) is 6.10. The van der Waals surface area contributed by atoms with Crippen LogP contribution in [-0.4, -0.2) is 17.3 Å². The molecule has 3 N–H and O–H groups in total. The molecule has 0 aliphatic carbocycles. The Bertz CT molecular complexity index is 171. The first kappa shape index (κ1) is 18.9. The van der Waals surface area contributed by atoms with Crippen molar-refractivity contribution in [3.05, 3.63) is 0 Å². The predicted molar refractivity (Wildman–Crippen MR) is 85.4 cm³/mol. The highest BCUT2D eigenvalue weighted by Crippen LogP contribution is 2.13. The molecule has 2 heteroatoms. The number of aliphatic hydroxyl groups excluding tert-OH is 1. The SMILES string of the molecule is CCCCCCCCCCCCCCC(O)C(C)N. The van der Waals surface area contributed by atoms with Gasteiger partial charge in [-0.15, -0.1) is 0 Å². The summed E-state index contributed by atoms with van der Waals surface area (Å²) in [6, 6.07) is -0.0762. The first-order valence-corrected chi connectivity index (χ1v) is 8.62. The molecule has 116 valence electrons. The maximum Gasteiger partial charge on any atom is 0.0688 e. The van der Waals surface area contributed by atoms with E-state index in [0.717, 1.165) is 12.8 Å². The van der Waals surface area contributed by atoms with E-state index in [9.17, 15) is 5.11 Å². The van der Waals surface area contributed by atoms with Gasteiger partial charge in [0.15, 0.2) is 0 Å². The molecule has 0 saturated carbocycles. The van der Waals surface area contributed by atoms with Crippen molar-refractivity contribution in [3.8, 4) is 0 Å². The average molecular weight is 271 g/mol. The van der Waals surface area contributed by atoms with Gasteiger partial charge in [-0.2, -0.15) is 0 Å².